The Morgan fingerprint density at radius 2 is 1.20 bits per heavy atom. The summed E-state index contributed by atoms with van der Waals surface area (Å²) in [7, 11) is 1.63. The SMILES string of the molecule is COc1ccc(C(C)(C)c2ccc(Oc3ccc(C(=O)O)c(C(=O)Nc4cccc(NCC(=O)c5cc(C)ccc5C(=O)O)c4)c3)cc2)cc1. The summed E-state index contributed by atoms with van der Waals surface area (Å²) in [5.74, 6) is -2.02. The van der Waals surface area contributed by atoms with Crippen molar-refractivity contribution in [1.82, 2.24) is 0 Å². The maximum atomic E-state index is 13.4. The zero-order chi connectivity index (χ0) is 36.0. The van der Waals surface area contributed by atoms with Crippen LogP contribution in [0.15, 0.2) is 109 Å². The van der Waals surface area contributed by atoms with Crippen LogP contribution in [-0.2, 0) is 5.41 Å². The maximum absolute atomic E-state index is 13.4. The van der Waals surface area contributed by atoms with Crippen LogP contribution in [0.1, 0.15) is 72.0 Å². The number of benzene rings is 5. The highest BCUT2D eigenvalue weighted by Gasteiger charge is 2.24. The van der Waals surface area contributed by atoms with E-state index in [1.165, 1.54) is 30.3 Å². The van der Waals surface area contributed by atoms with Gasteiger partial charge in [0.25, 0.3) is 5.91 Å². The van der Waals surface area contributed by atoms with E-state index in [-0.39, 0.29) is 40.0 Å². The van der Waals surface area contributed by atoms with Gasteiger partial charge in [-0.2, -0.15) is 0 Å². The lowest BCUT2D eigenvalue weighted by molar-refractivity contribution is 0.0683. The van der Waals surface area contributed by atoms with E-state index in [0.29, 0.717) is 17.1 Å². The molecule has 5 aromatic carbocycles. The first-order valence-corrected chi connectivity index (χ1v) is 15.7. The van der Waals surface area contributed by atoms with E-state index in [2.05, 4.69) is 24.5 Å². The monoisotopic (exact) mass is 672 g/mol. The summed E-state index contributed by atoms with van der Waals surface area (Å²) in [4.78, 5) is 49.9. The molecule has 0 aliphatic heterocycles. The van der Waals surface area contributed by atoms with E-state index in [0.717, 1.165) is 22.4 Å². The number of ketones is 1. The molecule has 0 saturated heterocycles. The van der Waals surface area contributed by atoms with Gasteiger partial charge in [0.15, 0.2) is 5.78 Å². The molecule has 1 amide bonds. The van der Waals surface area contributed by atoms with E-state index in [1.54, 1.807) is 44.4 Å². The molecule has 0 atom stereocenters. The van der Waals surface area contributed by atoms with Gasteiger partial charge in [-0.1, -0.05) is 55.8 Å². The second-order valence-electron chi connectivity index (χ2n) is 12.2. The zero-order valence-corrected chi connectivity index (χ0v) is 27.9. The Bertz CT molecular complexity index is 2070. The average molecular weight is 673 g/mol. The van der Waals surface area contributed by atoms with Gasteiger partial charge in [0.05, 0.1) is 30.3 Å². The minimum Gasteiger partial charge on any atom is -0.497 e. The summed E-state index contributed by atoms with van der Waals surface area (Å²) in [6.07, 6.45) is 0. The third-order valence-corrected chi connectivity index (χ3v) is 8.37. The van der Waals surface area contributed by atoms with E-state index >= 15 is 0 Å². The Morgan fingerprint density at radius 1 is 0.640 bits per heavy atom. The van der Waals surface area contributed by atoms with E-state index in [9.17, 15) is 29.4 Å². The molecule has 0 heterocycles. The van der Waals surface area contributed by atoms with Crippen LogP contribution >= 0.6 is 0 Å². The number of carboxylic acids is 2. The number of anilines is 2. The summed E-state index contributed by atoms with van der Waals surface area (Å²) in [6.45, 7) is 5.81. The van der Waals surface area contributed by atoms with Crippen LogP contribution in [0.2, 0.25) is 0 Å². The number of ether oxygens (including phenoxy) is 2. The van der Waals surface area contributed by atoms with Crippen molar-refractivity contribution in [2.24, 2.45) is 0 Å². The summed E-state index contributed by atoms with van der Waals surface area (Å²) in [5.41, 5.74) is 3.12. The van der Waals surface area contributed by atoms with Crippen molar-refractivity contribution in [1.29, 1.82) is 0 Å². The molecule has 0 bridgehead atoms. The largest absolute Gasteiger partial charge is 0.497 e. The summed E-state index contributed by atoms with van der Waals surface area (Å²) < 4.78 is 11.3. The van der Waals surface area contributed by atoms with E-state index in [4.69, 9.17) is 9.47 Å². The standard InChI is InChI=1S/C40H36N2O8/c1-24-8-18-32(38(45)46)34(20-24)36(43)23-41-27-6-5-7-28(21-27)42-37(44)35-22-31(17-19-33(35)39(47)48)50-30-15-11-26(12-16-30)40(2,3)25-9-13-29(49-4)14-10-25/h5-22,41H,23H2,1-4H3,(H,42,44)(H,45,46)(H,47,48). The molecular formula is C40H36N2O8. The van der Waals surface area contributed by atoms with Crippen LogP contribution in [-0.4, -0.2) is 47.5 Å². The molecule has 10 nitrogen and oxygen atoms in total. The molecule has 0 aliphatic rings. The highest BCUT2D eigenvalue weighted by molar-refractivity contribution is 6.11. The molecule has 0 radical (unpaired) electrons. The molecule has 0 unspecified atom stereocenters. The molecule has 0 aliphatic carbocycles. The molecular weight excluding hydrogens is 636 g/mol. The molecule has 10 heteroatoms. The number of carboxylic acid groups (broad SMARTS) is 2. The van der Waals surface area contributed by atoms with Crippen molar-refractivity contribution in [3.05, 3.63) is 148 Å². The first kappa shape index (κ1) is 34.9. The van der Waals surface area contributed by atoms with Gasteiger partial charge in [0.2, 0.25) is 0 Å². The highest BCUT2D eigenvalue weighted by atomic mass is 16.5. The Hall–Kier alpha value is -6.42. The Morgan fingerprint density at radius 3 is 1.82 bits per heavy atom. The van der Waals surface area contributed by atoms with Gasteiger partial charge < -0.3 is 30.3 Å². The number of aromatic carboxylic acids is 2. The van der Waals surface area contributed by atoms with Crippen LogP contribution < -0.4 is 20.1 Å². The lowest BCUT2D eigenvalue weighted by Crippen LogP contribution is -2.18. The minimum atomic E-state index is -1.28. The van der Waals surface area contributed by atoms with Gasteiger partial charge in [0, 0.05) is 22.4 Å². The van der Waals surface area contributed by atoms with Crippen molar-refractivity contribution in [3.8, 4) is 17.2 Å². The predicted octanol–water partition coefficient (Wildman–Crippen LogP) is 8.07. The fourth-order valence-corrected chi connectivity index (χ4v) is 5.47. The van der Waals surface area contributed by atoms with Crippen LogP contribution in [0.5, 0.6) is 17.2 Å². The van der Waals surface area contributed by atoms with Gasteiger partial charge in [-0.05, 0) is 90.8 Å². The third-order valence-electron chi connectivity index (χ3n) is 8.37. The number of carbonyl (C=O) groups excluding carboxylic acids is 2. The topological polar surface area (TPSA) is 151 Å². The highest BCUT2D eigenvalue weighted by Crippen LogP contribution is 2.34. The molecule has 5 aromatic rings. The molecule has 0 aromatic heterocycles. The summed E-state index contributed by atoms with van der Waals surface area (Å²) >= 11 is 0. The van der Waals surface area contributed by atoms with Crippen molar-refractivity contribution < 1.29 is 38.9 Å². The Kier molecular flexibility index (Phi) is 10.3. The quantitative estimate of drug-likeness (QED) is 0.0910. The number of methoxy groups -OCH3 is 1. The number of nitrogens with one attached hydrogen (secondary N) is 2. The number of hydrogen-bond donors (Lipinski definition) is 4. The smallest absolute Gasteiger partial charge is 0.336 e. The first-order valence-electron chi connectivity index (χ1n) is 15.7. The lowest BCUT2D eigenvalue weighted by Gasteiger charge is -2.26. The van der Waals surface area contributed by atoms with Gasteiger partial charge >= 0.3 is 11.9 Å². The molecule has 5 rings (SSSR count). The van der Waals surface area contributed by atoms with Crippen LogP contribution in [0.3, 0.4) is 0 Å². The Labute approximate surface area is 289 Å². The summed E-state index contributed by atoms with van der Waals surface area (Å²) in [5, 5.41) is 25.0. The fourth-order valence-electron chi connectivity index (χ4n) is 5.47. The molecule has 0 spiro atoms. The summed E-state index contributed by atoms with van der Waals surface area (Å²) in [6, 6.07) is 30.7. The van der Waals surface area contributed by atoms with Crippen LogP contribution in [0, 0.1) is 6.92 Å². The zero-order valence-electron chi connectivity index (χ0n) is 27.9. The van der Waals surface area contributed by atoms with Crippen LogP contribution in [0.4, 0.5) is 11.4 Å². The lowest BCUT2D eigenvalue weighted by atomic mass is 9.78. The first-order chi connectivity index (χ1) is 23.8. The third kappa shape index (κ3) is 7.99. The average Bonchev–Trinajstić information content (AvgIpc) is 3.10. The second kappa shape index (κ2) is 14.8. The normalized spacial score (nSPS) is 11.0. The minimum absolute atomic E-state index is 0.0884. The van der Waals surface area contributed by atoms with Crippen molar-refractivity contribution in [2.75, 3.05) is 24.3 Å². The number of amides is 1. The Balaban J connectivity index is 1.28. The molecule has 0 saturated carbocycles. The molecule has 0 fully saturated rings. The number of carbonyl (C=O) groups is 4. The molecule has 50 heavy (non-hydrogen) atoms. The number of hydrogen-bond acceptors (Lipinski definition) is 7. The van der Waals surface area contributed by atoms with Gasteiger partial charge in [0.1, 0.15) is 17.2 Å². The fraction of sp³-hybridized carbons (Fsp3) is 0.150. The number of Topliss-reactive ketones (excluding diaryl/α,β-unsaturated/α-hetero) is 1. The maximum Gasteiger partial charge on any atom is 0.336 e. The predicted molar refractivity (Wildman–Crippen MR) is 190 cm³/mol. The van der Waals surface area contributed by atoms with E-state index in [1.807, 2.05) is 48.5 Å². The van der Waals surface area contributed by atoms with Crippen molar-refractivity contribution >= 4 is 35.0 Å². The number of rotatable bonds is 13. The van der Waals surface area contributed by atoms with E-state index < -0.39 is 23.6 Å². The molecule has 254 valence electrons. The number of aryl methyl sites for hydroxylation is 1. The van der Waals surface area contributed by atoms with Crippen molar-refractivity contribution in [2.45, 2.75) is 26.2 Å². The second-order valence-corrected chi connectivity index (χ2v) is 12.2. The van der Waals surface area contributed by atoms with Crippen LogP contribution in [0.25, 0.3) is 0 Å². The van der Waals surface area contributed by atoms with Gasteiger partial charge in [-0.25, -0.2) is 9.59 Å². The molecule has 4 N–H and O–H groups in total. The van der Waals surface area contributed by atoms with Crippen molar-refractivity contribution in [3.63, 3.8) is 0 Å². The van der Waals surface area contributed by atoms with Gasteiger partial charge in [-0.15, -0.1) is 0 Å². The van der Waals surface area contributed by atoms with Gasteiger partial charge in [-0.3, -0.25) is 9.59 Å².